The van der Waals surface area contributed by atoms with Crippen LogP contribution in [0.25, 0.3) is 22.3 Å². The zero-order valence-corrected chi connectivity index (χ0v) is 45.5. The predicted octanol–water partition coefficient (Wildman–Crippen LogP) is 7.15. The number of nitrogens with one attached hydrogen (secondary N) is 4. The van der Waals surface area contributed by atoms with Crippen LogP contribution in [0.5, 0.6) is 0 Å². The second-order valence-electron chi connectivity index (χ2n) is 22.6. The van der Waals surface area contributed by atoms with Crippen molar-refractivity contribution < 1.29 is 42.7 Å². The lowest BCUT2D eigenvalue weighted by Crippen LogP contribution is -2.58. The summed E-state index contributed by atoms with van der Waals surface area (Å²) >= 11 is 0. The second-order valence-corrected chi connectivity index (χ2v) is 22.6. The SMILES string of the molecule is Cc1cc(F)c(Nc2nc(-c3ccc4c(c3)N([C@H]3C[C@@H](N5CCCCC5)C3)C(=O)C43CCN(C(=O)CCOCCNc4cccc5c4C(=O)N(C4CCC(=O)NC4=O)C5=O)CC3)cc3ncn(C(C)C)c23)cc1C(=O)NC(C)C. The van der Waals surface area contributed by atoms with E-state index in [0.717, 1.165) is 47.6 Å². The van der Waals surface area contributed by atoms with Crippen molar-refractivity contribution in [1.29, 1.82) is 0 Å². The molecule has 414 valence electrons. The number of rotatable bonds is 16. The van der Waals surface area contributed by atoms with Gasteiger partial charge in [0, 0.05) is 72.7 Å². The average Bonchev–Trinajstić information content (AvgIpc) is 4.23. The summed E-state index contributed by atoms with van der Waals surface area (Å²) in [5.41, 5.74) is 5.35. The number of carbonyl (C=O) groups is 7. The molecule has 3 aromatic carbocycles. The maximum absolute atomic E-state index is 15.9. The maximum atomic E-state index is 15.9. The molecule has 2 aromatic heterocycles. The fraction of sp³-hybridized carbons (Fsp3) is 0.475. The second kappa shape index (κ2) is 21.6. The number of carbonyl (C=O) groups excluding carboxylic acids is 7. The molecule has 0 radical (unpaired) electrons. The van der Waals surface area contributed by atoms with Gasteiger partial charge in [-0.05, 0) is 140 Å². The van der Waals surface area contributed by atoms with E-state index in [2.05, 4.69) is 38.3 Å². The minimum atomic E-state index is -1.07. The Kier molecular flexibility index (Phi) is 14.6. The largest absolute Gasteiger partial charge is 0.382 e. The van der Waals surface area contributed by atoms with Crippen molar-refractivity contribution in [1.82, 2.24) is 39.9 Å². The van der Waals surface area contributed by atoms with E-state index in [-0.39, 0.29) is 91.7 Å². The molecular formula is C59H68FN11O8. The first-order valence-electron chi connectivity index (χ1n) is 27.9. The lowest BCUT2D eigenvalue weighted by atomic mass is 9.73. The van der Waals surface area contributed by atoms with Crippen molar-refractivity contribution in [3.63, 3.8) is 0 Å². The van der Waals surface area contributed by atoms with Crippen LogP contribution in [0.4, 0.5) is 27.3 Å². The predicted molar refractivity (Wildman–Crippen MR) is 295 cm³/mol. The number of amides is 7. The molecule has 1 spiro atoms. The standard InChI is InChI=1S/C59H68FN11O8/c1-33(2)63-54(74)40-30-45(42(60)26-35(40)5)65-53-52-46(62-32-69(52)34(3)4)31-44(64-53)36-12-13-41-48(27-36)70(38-28-37(29-38)67-20-7-6-8-21-67)58(78)59(41)17-22-68(23-18-59)50(73)16-24-79-25-19-61-43-11-9-10-39-51(43)57(77)71(56(39)76)47-14-15-49(72)66-55(47)75/h9-13,26-27,30-34,37-38,47,61H,6-8,14-25,28-29H2,1-5H3,(H,63,74)(H,64,65)(H,66,72,75)/t37-,38+,47?. The number of ether oxygens (including phenoxy) is 1. The first-order chi connectivity index (χ1) is 38.0. The highest BCUT2D eigenvalue weighted by Crippen LogP contribution is 2.52. The van der Waals surface area contributed by atoms with Gasteiger partial charge in [0.15, 0.2) is 5.82 Å². The molecule has 6 aliphatic rings. The van der Waals surface area contributed by atoms with Crippen molar-refractivity contribution in [2.75, 3.05) is 61.5 Å². The fourth-order valence-corrected chi connectivity index (χ4v) is 12.6. The number of anilines is 4. The van der Waals surface area contributed by atoms with Crippen LogP contribution in [-0.4, -0.2) is 141 Å². The number of piperidine rings is 3. The Morgan fingerprint density at radius 1 is 0.873 bits per heavy atom. The van der Waals surface area contributed by atoms with Crippen LogP contribution in [0.2, 0.25) is 0 Å². The van der Waals surface area contributed by atoms with Crippen LogP contribution in [0.3, 0.4) is 0 Å². The van der Waals surface area contributed by atoms with Crippen LogP contribution in [0.15, 0.2) is 60.9 Å². The van der Waals surface area contributed by atoms with Crippen molar-refractivity contribution in [2.45, 2.75) is 134 Å². The Morgan fingerprint density at radius 3 is 2.38 bits per heavy atom. The van der Waals surface area contributed by atoms with Crippen LogP contribution in [0.1, 0.15) is 140 Å². The number of imide groups is 2. The monoisotopic (exact) mass is 1080 g/mol. The summed E-state index contributed by atoms with van der Waals surface area (Å²) in [4.78, 5) is 111. The summed E-state index contributed by atoms with van der Waals surface area (Å²) in [5.74, 6) is -2.78. The topological polar surface area (TPSA) is 221 Å². The lowest BCUT2D eigenvalue weighted by molar-refractivity contribution is -0.137. The van der Waals surface area contributed by atoms with E-state index < -0.39 is 40.9 Å². The fourth-order valence-electron chi connectivity index (χ4n) is 12.6. The molecule has 5 aliphatic heterocycles. The van der Waals surface area contributed by atoms with E-state index >= 15 is 9.18 Å². The number of benzene rings is 3. The van der Waals surface area contributed by atoms with E-state index in [1.54, 1.807) is 25.4 Å². The molecule has 5 aromatic rings. The lowest BCUT2D eigenvalue weighted by Gasteiger charge is -2.48. The molecule has 3 saturated heterocycles. The average molecular weight is 1080 g/mol. The molecule has 4 N–H and O–H groups in total. The number of pyridine rings is 1. The molecule has 1 unspecified atom stereocenters. The first kappa shape index (κ1) is 53.4. The number of hydrogen-bond donors (Lipinski definition) is 4. The smallest absolute Gasteiger partial charge is 0.264 e. The van der Waals surface area contributed by atoms with Gasteiger partial charge in [-0.25, -0.2) is 14.4 Å². The normalized spacial score (nSPS) is 21.0. The van der Waals surface area contributed by atoms with Gasteiger partial charge in [-0.15, -0.1) is 0 Å². The quantitative estimate of drug-likeness (QED) is 0.0571. The molecule has 19 nitrogen and oxygen atoms in total. The minimum absolute atomic E-state index is 0.000643. The molecule has 7 heterocycles. The Morgan fingerprint density at radius 2 is 1.65 bits per heavy atom. The Balaban J connectivity index is 0.785. The summed E-state index contributed by atoms with van der Waals surface area (Å²) in [7, 11) is 0. The van der Waals surface area contributed by atoms with E-state index in [1.165, 1.54) is 37.5 Å². The van der Waals surface area contributed by atoms with E-state index in [9.17, 15) is 28.8 Å². The van der Waals surface area contributed by atoms with Gasteiger partial charge in [0.05, 0.1) is 59.4 Å². The number of hydrogen-bond acceptors (Lipinski definition) is 13. The molecule has 1 atom stereocenters. The van der Waals surface area contributed by atoms with E-state index in [0.29, 0.717) is 71.3 Å². The minimum Gasteiger partial charge on any atom is -0.382 e. The summed E-state index contributed by atoms with van der Waals surface area (Å²) < 4.78 is 23.8. The number of aryl methyl sites for hydroxylation is 1. The van der Waals surface area contributed by atoms with Gasteiger partial charge in [-0.1, -0.05) is 24.6 Å². The van der Waals surface area contributed by atoms with E-state index in [4.69, 9.17) is 14.7 Å². The summed E-state index contributed by atoms with van der Waals surface area (Å²) in [6.45, 7) is 13.1. The molecule has 7 amide bonds. The highest BCUT2D eigenvalue weighted by Gasteiger charge is 2.56. The van der Waals surface area contributed by atoms with Crippen LogP contribution in [0, 0.1) is 12.7 Å². The van der Waals surface area contributed by atoms with Gasteiger partial charge in [-0.3, -0.25) is 43.8 Å². The van der Waals surface area contributed by atoms with Crippen molar-refractivity contribution >= 4 is 75.3 Å². The molecular weight excluding hydrogens is 1010 g/mol. The van der Waals surface area contributed by atoms with Gasteiger partial charge < -0.3 is 40.0 Å². The summed E-state index contributed by atoms with van der Waals surface area (Å²) in [6.07, 6.45) is 8.27. The third-order valence-corrected chi connectivity index (χ3v) is 16.9. The highest BCUT2D eigenvalue weighted by atomic mass is 19.1. The molecule has 1 aliphatic carbocycles. The number of fused-ring (bicyclic) bond motifs is 4. The zero-order chi connectivity index (χ0) is 55.4. The molecule has 20 heteroatoms. The molecule has 1 saturated carbocycles. The van der Waals surface area contributed by atoms with Crippen LogP contribution in [-0.2, 0) is 29.3 Å². The van der Waals surface area contributed by atoms with Gasteiger partial charge in [0.25, 0.3) is 17.7 Å². The number of nitrogens with zero attached hydrogens (tertiary/aromatic N) is 7. The van der Waals surface area contributed by atoms with E-state index in [1.807, 2.05) is 54.2 Å². The molecule has 79 heavy (non-hydrogen) atoms. The third-order valence-electron chi connectivity index (χ3n) is 16.9. The van der Waals surface area contributed by atoms with Crippen molar-refractivity contribution in [3.8, 4) is 11.3 Å². The summed E-state index contributed by atoms with van der Waals surface area (Å²) in [5, 5.41) is 11.6. The van der Waals surface area contributed by atoms with Crippen molar-refractivity contribution in [3.05, 3.63) is 94.6 Å². The summed E-state index contributed by atoms with van der Waals surface area (Å²) in [6, 6.07) is 15.0. The van der Waals surface area contributed by atoms with Gasteiger partial charge >= 0.3 is 0 Å². The van der Waals surface area contributed by atoms with Gasteiger partial charge in [-0.2, -0.15) is 0 Å². The Hall–Kier alpha value is -7.58. The van der Waals surface area contributed by atoms with Crippen LogP contribution >= 0.6 is 0 Å². The van der Waals surface area contributed by atoms with Crippen molar-refractivity contribution in [2.24, 2.45) is 0 Å². The Bertz CT molecular complexity index is 3300. The number of aromatic nitrogens is 3. The van der Waals surface area contributed by atoms with Gasteiger partial charge in [0.2, 0.25) is 23.6 Å². The first-order valence-corrected chi connectivity index (χ1v) is 27.9. The number of imidazole rings is 1. The maximum Gasteiger partial charge on any atom is 0.264 e. The third kappa shape index (κ3) is 9.91. The Labute approximate surface area is 458 Å². The molecule has 11 rings (SSSR count). The number of likely N-dealkylation sites (tertiary alicyclic amines) is 2. The number of halogens is 1. The van der Waals surface area contributed by atoms with Crippen LogP contribution < -0.4 is 26.2 Å². The van der Waals surface area contributed by atoms with Gasteiger partial charge in [0.1, 0.15) is 17.4 Å². The zero-order valence-electron chi connectivity index (χ0n) is 45.5. The highest BCUT2D eigenvalue weighted by molar-refractivity contribution is 6.25. The molecule has 4 fully saturated rings. The molecule has 0 bridgehead atoms.